The summed E-state index contributed by atoms with van der Waals surface area (Å²) in [6.07, 6.45) is 3.51. The van der Waals surface area contributed by atoms with Crippen LogP contribution in [0.3, 0.4) is 0 Å². The van der Waals surface area contributed by atoms with Gasteiger partial charge in [-0.05, 0) is 24.6 Å². The van der Waals surface area contributed by atoms with Crippen LogP contribution >= 0.6 is 0 Å². The zero-order valence-corrected chi connectivity index (χ0v) is 9.06. The molecule has 3 nitrogen and oxygen atoms in total. The van der Waals surface area contributed by atoms with Gasteiger partial charge in [0.1, 0.15) is 0 Å². The van der Waals surface area contributed by atoms with Gasteiger partial charge in [-0.15, -0.1) is 0 Å². The molecule has 1 aromatic rings. The summed E-state index contributed by atoms with van der Waals surface area (Å²) in [5, 5.41) is 8.66. The molecule has 3 heteroatoms. The highest BCUT2D eigenvalue weighted by Gasteiger charge is 2.03. The highest BCUT2D eigenvalue weighted by Crippen LogP contribution is 2.28. The zero-order chi connectivity index (χ0) is 11.1. The molecule has 0 aliphatic heterocycles. The van der Waals surface area contributed by atoms with E-state index in [2.05, 4.69) is 0 Å². The van der Waals surface area contributed by atoms with Gasteiger partial charge in [0.25, 0.3) is 0 Å². The first-order valence-corrected chi connectivity index (χ1v) is 4.90. The summed E-state index contributed by atoms with van der Waals surface area (Å²) in [5.41, 5.74) is 0.980. The smallest absolute Gasteiger partial charge is 0.161 e. The van der Waals surface area contributed by atoms with Crippen molar-refractivity contribution in [3.63, 3.8) is 0 Å². The molecule has 0 atom stereocenters. The van der Waals surface area contributed by atoms with Gasteiger partial charge in [-0.2, -0.15) is 0 Å². The molecule has 0 heterocycles. The summed E-state index contributed by atoms with van der Waals surface area (Å²) in [7, 11) is 1.61. The predicted molar refractivity (Wildman–Crippen MR) is 60.3 cm³/mol. The lowest BCUT2D eigenvalue weighted by molar-refractivity contribution is 0.311. The second kappa shape index (κ2) is 6.09. The van der Waals surface area contributed by atoms with Crippen LogP contribution in [-0.4, -0.2) is 25.4 Å². The molecule has 1 rings (SSSR count). The second-order valence-corrected chi connectivity index (χ2v) is 2.93. The largest absolute Gasteiger partial charge is 0.493 e. The van der Waals surface area contributed by atoms with Gasteiger partial charge in [0.15, 0.2) is 11.5 Å². The molecule has 0 unspecified atom stereocenters. The van der Waals surface area contributed by atoms with E-state index >= 15 is 0 Å². The van der Waals surface area contributed by atoms with E-state index < -0.39 is 0 Å². The minimum atomic E-state index is 0.0377. The SMILES string of the molecule is CCOc1cc(C=CCO)ccc1OC. The molecule has 0 saturated carbocycles. The third-order valence-corrected chi connectivity index (χ3v) is 1.90. The van der Waals surface area contributed by atoms with E-state index in [1.54, 1.807) is 13.2 Å². The molecule has 0 saturated heterocycles. The van der Waals surface area contributed by atoms with E-state index in [1.807, 2.05) is 31.2 Å². The van der Waals surface area contributed by atoms with E-state index in [9.17, 15) is 0 Å². The van der Waals surface area contributed by atoms with Crippen LogP contribution in [0.5, 0.6) is 11.5 Å². The van der Waals surface area contributed by atoms with E-state index in [4.69, 9.17) is 14.6 Å². The maximum Gasteiger partial charge on any atom is 0.161 e. The molecule has 0 aliphatic rings. The fraction of sp³-hybridized carbons (Fsp3) is 0.333. The molecule has 1 aromatic carbocycles. The summed E-state index contributed by atoms with van der Waals surface area (Å²) >= 11 is 0. The first kappa shape index (κ1) is 11.6. The van der Waals surface area contributed by atoms with Crippen molar-refractivity contribution in [3.05, 3.63) is 29.8 Å². The van der Waals surface area contributed by atoms with E-state index in [0.717, 1.165) is 17.1 Å². The molecule has 15 heavy (non-hydrogen) atoms. The van der Waals surface area contributed by atoms with Crippen LogP contribution in [0.15, 0.2) is 24.3 Å². The van der Waals surface area contributed by atoms with Crippen LogP contribution in [-0.2, 0) is 0 Å². The predicted octanol–water partition coefficient (Wildman–Crippen LogP) is 2.10. The Morgan fingerprint density at radius 1 is 1.33 bits per heavy atom. The van der Waals surface area contributed by atoms with Gasteiger partial charge in [-0.25, -0.2) is 0 Å². The van der Waals surface area contributed by atoms with Crippen molar-refractivity contribution in [1.29, 1.82) is 0 Å². The van der Waals surface area contributed by atoms with Crippen LogP contribution in [0.2, 0.25) is 0 Å². The van der Waals surface area contributed by atoms with Gasteiger partial charge < -0.3 is 14.6 Å². The average molecular weight is 208 g/mol. The quantitative estimate of drug-likeness (QED) is 0.805. The monoisotopic (exact) mass is 208 g/mol. The summed E-state index contributed by atoms with van der Waals surface area (Å²) in [6.45, 7) is 2.56. The molecular weight excluding hydrogens is 192 g/mol. The van der Waals surface area contributed by atoms with Crippen LogP contribution in [0.1, 0.15) is 12.5 Å². The molecule has 0 radical (unpaired) electrons. The Labute approximate surface area is 90.0 Å². The first-order chi connectivity index (χ1) is 7.31. The standard InChI is InChI=1S/C12H16O3/c1-3-15-12-9-10(5-4-8-13)6-7-11(12)14-2/h4-7,9,13H,3,8H2,1-2H3. The van der Waals surface area contributed by atoms with Gasteiger partial charge in [0.2, 0.25) is 0 Å². The molecule has 0 fully saturated rings. The van der Waals surface area contributed by atoms with Gasteiger partial charge in [-0.3, -0.25) is 0 Å². The lowest BCUT2D eigenvalue weighted by atomic mass is 10.2. The number of aliphatic hydroxyl groups is 1. The third-order valence-electron chi connectivity index (χ3n) is 1.90. The highest BCUT2D eigenvalue weighted by molar-refractivity contribution is 5.55. The fourth-order valence-electron chi connectivity index (χ4n) is 1.25. The van der Waals surface area contributed by atoms with Crippen molar-refractivity contribution in [2.45, 2.75) is 6.92 Å². The van der Waals surface area contributed by atoms with E-state index in [0.29, 0.717) is 6.61 Å². The molecule has 0 amide bonds. The van der Waals surface area contributed by atoms with Crippen molar-refractivity contribution in [2.75, 3.05) is 20.3 Å². The van der Waals surface area contributed by atoms with Gasteiger partial charge in [0.05, 0.1) is 20.3 Å². The Hall–Kier alpha value is -1.48. The first-order valence-electron chi connectivity index (χ1n) is 4.90. The Morgan fingerprint density at radius 3 is 2.73 bits per heavy atom. The van der Waals surface area contributed by atoms with Crippen molar-refractivity contribution in [3.8, 4) is 11.5 Å². The number of hydrogen-bond donors (Lipinski definition) is 1. The highest BCUT2D eigenvalue weighted by atomic mass is 16.5. The molecule has 1 N–H and O–H groups in total. The van der Waals surface area contributed by atoms with E-state index in [-0.39, 0.29) is 6.61 Å². The number of methoxy groups -OCH3 is 1. The summed E-state index contributed by atoms with van der Waals surface area (Å²) in [5.74, 6) is 1.44. The lowest BCUT2D eigenvalue weighted by Gasteiger charge is -2.09. The summed E-state index contributed by atoms with van der Waals surface area (Å²) < 4.78 is 10.6. The Bertz CT molecular complexity index is 332. The molecule has 0 aromatic heterocycles. The molecule has 0 spiro atoms. The Morgan fingerprint density at radius 2 is 2.13 bits per heavy atom. The second-order valence-electron chi connectivity index (χ2n) is 2.93. The summed E-state index contributed by atoms with van der Waals surface area (Å²) in [6, 6.07) is 5.64. The lowest BCUT2D eigenvalue weighted by Crippen LogP contribution is -1.95. The number of ether oxygens (including phenoxy) is 2. The fourth-order valence-corrected chi connectivity index (χ4v) is 1.25. The Balaban J connectivity index is 2.93. The van der Waals surface area contributed by atoms with Crippen molar-refractivity contribution in [1.82, 2.24) is 0 Å². The number of aliphatic hydroxyl groups excluding tert-OH is 1. The molecule has 0 bridgehead atoms. The van der Waals surface area contributed by atoms with Crippen LogP contribution in [0.25, 0.3) is 6.08 Å². The van der Waals surface area contributed by atoms with Crippen LogP contribution in [0.4, 0.5) is 0 Å². The number of hydrogen-bond acceptors (Lipinski definition) is 3. The minimum absolute atomic E-state index is 0.0377. The zero-order valence-electron chi connectivity index (χ0n) is 9.06. The van der Waals surface area contributed by atoms with Crippen molar-refractivity contribution < 1.29 is 14.6 Å². The Kier molecular flexibility index (Phi) is 4.71. The van der Waals surface area contributed by atoms with Gasteiger partial charge in [0, 0.05) is 0 Å². The van der Waals surface area contributed by atoms with Crippen LogP contribution in [0, 0.1) is 0 Å². The van der Waals surface area contributed by atoms with E-state index in [1.165, 1.54) is 0 Å². The molecular formula is C12H16O3. The van der Waals surface area contributed by atoms with Gasteiger partial charge >= 0.3 is 0 Å². The third kappa shape index (κ3) is 3.29. The van der Waals surface area contributed by atoms with Crippen molar-refractivity contribution >= 4 is 6.08 Å². The minimum Gasteiger partial charge on any atom is -0.493 e. The maximum absolute atomic E-state index is 8.66. The molecule has 82 valence electrons. The average Bonchev–Trinajstić information content (AvgIpc) is 2.27. The maximum atomic E-state index is 8.66. The van der Waals surface area contributed by atoms with Gasteiger partial charge in [-0.1, -0.05) is 18.2 Å². The normalized spacial score (nSPS) is 10.6. The van der Waals surface area contributed by atoms with Crippen molar-refractivity contribution in [2.24, 2.45) is 0 Å². The number of benzene rings is 1. The topological polar surface area (TPSA) is 38.7 Å². The summed E-state index contributed by atoms with van der Waals surface area (Å²) in [4.78, 5) is 0. The number of rotatable bonds is 5. The van der Waals surface area contributed by atoms with Crippen LogP contribution < -0.4 is 9.47 Å². The molecule has 0 aliphatic carbocycles.